The Labute approximate surface area is 82.6 Å². The monoisotopic (exact) mass is 205 g/mol. The summed E-state index contributed by atoms with van der Waals surface area (Å²) in [5, 5.41) is 0. The average molecular weight is 205 g/mol. The number of unbranched alkanes of at least 4 members (excludes halogenated alkanes) is 4. The van der Waals surface area contributed by atoms with Gasteiger partial charge in [-0.15, -0.1) is 0 Å². The lowest BCUT2D eigenvalue weighted by Crippen LogP contribution is -2.06. The van der Waals surface area contributed by atoms with E-state index in [-0.39, 0.29) is 0 Å². The van der Waals surface area contributed by atoms with E-state index in [9.17, 15) is 8.42 Å². The van der Waals surface area contributed by atoms with Crippen LogP contribution in [-0.2, 0) is 9.84 Å². The Morgan fingerprint density at radius 2 is 1.62 bits per heavy atom. The fourth-order valence-corrected chi connectivity index (χ4v) is 2.40. The molecule has 0 saturated heterocycles. The summed E-state index contributed by atoms with van der Waals surface area (Å²) in [5.41, 5.74) is 0. The summed E-state index contributed by atoms with van der Waals surface area (Å²) in [6.45, 7) is 4.14. The van der Waals surface area contributed by atoms with Gasteiger partial charge < -0.3 is 0 Å². The van der Waals surface area contributed by atoms with Gasteiger partial charge in [0.1, 0.15) is 0 Å². The molecule has 0 bridgehead atoms. The normalized spacial score (nSPS) is 11.8. The van der Waals surface area contributed by atoms with Crippen LogP contribution in [0.15, 0.2) is 0 Å². The molecule has 0 fully saturated rings. The van der Waals surface area contributed by atoms with Crippen molar-refractivity contribution in [3.8, 4) is 0 Å². The van der Waals surface area contributed by atoms with Crippen molar-refractivity contribution in [3.63, 3.8) is 0 Å². The summed E-state index contributed by atoms with van der Waals surface area (Å²) in [6.07, 6.45) is 5.64. The molecule has 0 aromatic carbocycles. The van der Waals surface area contributed by atoms with Crippen LogP contribution < -0.4 is 0 Å². The Hall–Kier alpha value is -0.0500. The summed E-state index contributed by atoms with van der Waals surface area (Å²) in [5.74, 6) is 1.83. The first-order valence-electron chi connectivity index (χ1n) is 5.18. The molecule has 0 spiro atoms. The Kier molecular flexibility index (Phi) is 7.33. The molecule has 0 aromatic heterocycles. The van der Waals surface area contributed by atoms with Crippen molar-refractivity contribution < 1.29 is 8.42 Å². The van der Waals surface area contributed by atoms with E-state index in [1.165, 1.54) is 5.75 Å². The molecule has 0 N–H and O–H groups in total. The predicted molar refractivity (Wildman–Crippen MR) is 57.1 cm³/mol. The number of hydrogen-bond donors (Lipinski definition) is 0. The molecule has 1 radical (unpaired) electrons. The molecule has 0 rings (SSSR count). The minimum Gasteiger partial charge on any atom is -0.229 e. The quantitative estimate of drug-likeness (QED) is 0.571. The first-order valence-corrected chi connectivity index (χ1v) is 6.90. The van der Waals surface area contributed by atoms with Crippen molar-refractivity contribution in [2.75, 3.05) is 5.75 Å². The summed E-state index contributed by atoms with van der Waals surface area (Å²) < 4.78 is 22.6. The summed E-state index contributed by atoms with van der Waals surface area (Å²) in [6, 6.07) is 0. The van der Waals surface area contributed by atoms with Crippen molar-refractivity contribution in [3.05, 3.63) is 5.75 Å². The highest BCUT2D eigenvalue weighted by Gasteiger charge is 2.09. The van der Waals surface area contributed by atoms with Crippen molar-refractivity contribution in [1.29, 1.82) is 0 Å². The Bertz CT molecular complexity index is 179. The molecule has 0 aliphatic rings. The molecule has 0 unspecified atom stereocenters. The second-order valence-electron chi connectivity index (χ2n) is 3.38. The van der Waals surface area contributed by atoms with Gasteiger partial charge in [0.2, 0.25) is 0 Å². The highest BCUT2D eigenvalue weighted by Crippen LogP contribution is 2.08. The van der Waals surface area contributed by atoms with Crippen LogP contribution in [0.3, 0.4) is 0 Å². The molecule has 79 valence electrons. The van der Waals surface area contributed by atoms with Gasteiger partial charge in [-0.1, -0.05) is 39.5 Å². The fraction of sp³-hybridized carbons (Fsp3) is 0.900. The maximum absolute atomic E-state index is 11.3. The Morgan fingerprint density at radius 3 is 2.15 bits per heavy atom. The van der Waals surface area contributed by atoms with E-state index in [4.69, 9.17) is 0 Å². The molecule has 0 heterocycles. The van der Waals surface area contributed by atoms with Gasteiger partial charge in [0.05, 0.1) is 11.5 Å². The van der Waals surface area contributed by atoms with E-state index in [0.717, 1.165) is 32.1 Å². The van der Waals surface area contributed by atoms with E-state index < -0.39 is 9.84 Å². The smallest absolute Gasteiger partial charge is 0.154 e. The Balaban J connectivity index is 3.55. The molecule has 2 nitrogen and oxygen atoms in total. The molecular formula is C10H21O2S. The summed E-state index contributed by atoms with van der Waals surface area (Å²) >= 11 is 0. The van der Waals surface area contributed by atoms with Gasteiger partial charge in [0.15, 0.2) is 9.84 Å². The van der Waals surface area contributed by atoms with Crippen molar-refractivity contribution in [2.24, 2.45) is 0 Å². The SMILES string of the molecule is CCCC[CH]S(=O)(=O)CCCCC. The number of hydrogen-bond acceptors (Lipinski definition) is 2. The number of sulfone groups is 1. The first kappa shape index (κ1) is 12.9. The highest BCUT2D eigenvalue weighted by molar-refractivity contribution is 7.93. The van der Waals surface area contributed by atoms with Crippen molar-refractivity contribution in [1.82, 2.24) is 0 Å². The van der Waals surface area contributed by atoms with E-state index in [2.05, 4.69) is 13.8 Å². The summed E-state index contributed by atoms with van der Waals surface area (Å²) in [4.78, 5) is 0. The van der Waals surface area contributed by atoms with Crippen molar-refractivity contribution in [2.45, 2.75) is 52.4 Å². The third-order valence-corrected chi connectivity index (χ3v) is 3.56. The van der Waals surface area contributed by atoms with Crippen LogP contribution >= 0.6 is 0 Å². The highest BCUT2D eigenvalue weighted by atomic mass is 32.2. The largest absolute Gasteiger partial charge is 0.229 e. The second kappa shape index (κ2) is 7.36. The zero-order valence-corrected chi connectivity index (χ0v) is 9.57. The van der Waals surface area contributed by atoms with Gasteiger partial charge in [-0.2, -0.15) is 0 Å². The molecule has 0 aromatic rings. The van der Waals surface area contributed by atoms with Gasteiger partial charge in [-0.3, -0.25) is 0 Å². The maximum atomic E-state index is 11.3. The van der Waals surface area contributed by atoms with E-state index >= 15 is 0 Å². The van der Waals surface area contributed by atoms with E-state index in [1.54, 1.807) is 0 Å². The van der Waals surface area contributed by atoms with Crippen LogP contribution in [0.2, 0.25) is 0 Å². The van der Waals surface area contributed by atoms with Crippen LogP contribution in [0.1, 0.15) is 52.4 Å². The third-order valence-electron chi connectivity index (χ3n) is 1.96. The minimum atomic E-state index is -2.85. The maximum Gasteiger partial charge on any atom is 0.154 e. The summed E-state index contributed by atoms with van der Waals surface area (Å²) in [7, 11) is -2.85. The molecule has 0 saturated carbocycles. The van der Waals surface area contributed by atoms with Crippen LogP contribution in [0.5, 0.6) is 0 Å². The van der Waals surface area contributed by atoms with E-state index in [1.807, 2.05) is 0 Å². The molecule has 0 amide bonds. The molecule has 0 aliphatic carbocycles. The second-order valence-corrected chi connectivity index (χ2v) is 5.45. The number of rotatable bonds is 8. The van der Waals surface area contributed by atoms with Crippen LogP contribution in [-0.4, -0.2) is 14.2 Å². The van der Waals surface area contributed by atoms with Crippen LogP contribution in [0.25, 0.3) is 0 Å². The first-order chi connectivity index (χ1) is 6.12. The zero-order chi connectivity index (χ0) is 10.2. The van der Waals surface area contributed by atoms with Crippen LogP contribution in [0, 0.1) is 5.75 Å². The molecule has 3 heteroatoms. The lowest BCUT2D eigenvalue weighted by molar-refractivity contribution is 0.593. The van der Waals surface area contributed by atoms with Gasteiger partial charge in [-0.25, -0.2) is 8.42 Å². The van der Waals surface area contributed by atoms with Gasteiger partial charge in [0, 0.05) is 0 Å². The van der Waals surface area contributed by atoms with Gasteiger partial charge >= 0.3 is 0 Å². The Morgan fingerprint density at radius 1 is 1.00 bits per heavy atom. The minimum absolute atomic E-state index is 0.338. The fourth-order valence-electron chi connectivity index (χ4n) is 1.10. The van der Waals surface area contributed by atoms with Gasteiger partial charge in [-0.05, 0) is 12.8 Å². The topological polar surface area (TPSA) is 34.1 Å². The molecular weight excluding hydrogens is 184 g/mol. The predicted octanol–water partition coefficient (Wildman–Crippen LogP) is 2.94. The van der Waals surface area contributed by atoms with Crippen LogP contribution in [0.4, 0.5) is 0 Å². The zero-order valence-electron chi connectivity index (χ0n) is 8.75. The van der Waals surface area contributed by atoms with E-state index in [0.29, 0.717) is 12.2 Å². The lowest BCUT2D eigenvalue weighted by Gasteiger charge is -2.01. The standard InChI is InChI=1S/C10H21O2S/c1-3-5-7-9-13(11,12)10-8-6-4-2/h9H,3-8,10H2,1-2H3. The molecule has 13 heavy (non-hydrogen) atoms. The van der Waals surface area contributed by atoms with Crippen molar-refractivity contribution >= 4 is 9.84 Å². The van der Waals surface area contributed by atoms with Gasteiger partial charge in [0.25, 0.3) is 0 Å². The third kappa shape index (κ3) is 8.28. The molecule has 0 atom stereocenters. The average Bonchev–Trinajstić information content (AvgIpc) is 2.05. The lowest BCUT2D eigenvalue weighted by atomic mass is 10.3. The molecule has 0 aliphatic heterocycles.